The third-order valence-electron chi connectivity index (χ3n) is 4.52. The summed E-state index contributed by atoms with van der Waals surface area (Å²) < 4.78 is 5.40. The summed E-state index contributed by atoms with van der Waals surface area (Å²) in [5, 5.41) is 4.22. The molecule has 0 saturated carbocycles. The Morgan fingerprint density at radius 1 is 1.00 bits per heavy atom. The molecule has 4 rings (SSSR count). The maximum absolute atomic E-state index is 11.9. The molecule has 0 spiro atoms. The molecule has 0 aliphatic carbocycles. The number of aromatic nitrogens is 2. The van der Waals surface area contributed by atoms with Crippen LogP contribution in [0.2, 0.25) is 0 Å². The van der Waals surface area contributed by atoms with Gasteiger partial charge in [0.2, 0.25) is 0 Å². The molecule has 6 nitrogen and oxygen atoms in total. The molecule has 0 unspecified atom stereocenters. The number of fused-ring (bicyclic) bond motifs is 2. The second kappa shape index (κ2) is 5.66. The van der Waals surface area contributed by atoms with Crippen LogP contribution < -0.4 is 16.6 Å². The number of rotatable bonds is 3. The summed E-state index contributed by atoms with van der Waals surface area (Å²) in [6.07, 6.45) is 0. The lowest BCUT2D eigenvalue weighted by Gasteiger charge is -2.11. The number of anilines is 1. The molecule has 0 saturated heterocycles. The van der Waals surface area contributed by atoms with E-state index in [1.807, 2.05) is 44.2 Å². The minimum absolute atomic E-state index is 0.232. The molecule has 2 aromatic carbocycles. The largest absolute Gasteiger partial charge is 0.422 e. The van der Waals surface area contributed by atoms with Crippen LogP contribution in [0, 0.1) is 13.8 Å². The van der Waals surface area contributed by atoms with E-state index in [1.165, 1.54) is 6.07 Å². The number of H-pyrrole nitrogens is 2. The fourth-order valence-corrected chi connectivity index (χ4v) is 3.01. The third kappa shape index (κ3) is 2.71. The molecule has 3 N–H and O–H groups in total. The smallest absolute Gasteiger partial charge is 0.336 e. The first-order valence-corrected chi connectivity index (χ1v) is 8.00. The Hall–Kier alpha value is -3.28. The highest BCUT2D eigenvalue weighted by Crippen LogP contribution is 2.24. The lowest BCUT2D eigenvalue weighted by atomic mass is 10.0. The van der Waals surface area contributed by atoms with Gasteiger partial charge in [0.15, 0.2) is 0 Å². The van der Waals surface area contributed by atoms with Crippen molar-refractivity contribution in [3.8, 4) is 0 Å². The Morgan fingerprint density at radius 2 is 1.80 bits per heavy atom. The lowest BCUT2D eigenvalue weighted by molar-refractivity contribution is 0.556. The van der Waals surface area contributed by atoms with Crippen LogP contribution in [0.5, 0.6) is 0 Å². The average Bonchev–Trinajstić information content (AvgIpc) is 2.95. The highest BCUT2D eigenvalue weighted by molar-refractivity contribution is 5.84. The van der Waals surface area contributed by atoms with E-state index in [1.54, 1.807) is 0 Å². The molecule has 0 amide bonds. The first-order chi connectivity index (χ1) is 12.0. The van der Waals surface area contributed by atoms with Crippen LogP contribution in [0.3, 0.4) is 0 Å². The number of hydrogen-bond acceptors (Lipinski definition) is 4. The quantitative estimate of drug-likeness (QED) is 0.502. The summed E-state index contributed by atoms with van der Waals surface area (Å²) in [4.78, 5) is 28.7. The molecule has 0 aliphatic heterocycles. The second-order valence-electron chi connectivity index (χ2n) is 6.17. The predicted molar refractivity (Wildman–Crippen MR) is 98.2 cm³/mol. The van der Waals surface area contributed by atoms with Crippen LogP contribution >= 0.6 is 0 Å². The van der Waals surface area contributed by atoms with Gasteiger partial charge in [-0.25, -0.2) is 9.59 Å². The van der Waals surface area contributed by atoms with Crippen molar-refractivity contribution in [3.05, 3.63) is 74.0 Å². The first-order valence-electron chi connectivity index (χ1n) is 8.00. The van der Waals surface area contributed by atoms with Crippen molar-refractivity contribution >= 4 is 27.7 Å². The molecule has 0 radical (unpaired) electrons. The highest BCUT2D eigenvalue weighted by atomic mass is 16.4. The predicted octanol–water partition coefficient (Wildman–Crippen LogP) is 3.19. The van der Waals surface area contributed by atoms with E-state index in [0.29, 0.717) is 12.1 Å². The van der Waals surface area contributed by atoms with Gasteiger partial charge in [0.25, 0.3) is 0 Å². The normalized spacial score (nSPS) is 11.3. The number of benzene rings is 2. The van der Waals surface area contributed by atoms with Crippen molar-refractivity contribution in [2.24, 2.45) is 0 Å². The van der Waals surface area contributed by atoms with E-state index in [2.05, 4.69) is 15.3 Å². The van der Waals surface area contributed by atoms with Gasteiger partial charge in [0, 0.05) is 23.7 Å². The van der Waals surface area contributed by atoms with Crippen LogP contribution in [-0.4, -0.2) is 9.97 Å². The highest BCUT2D eigenvalue weighted by Gasteiger charge is 2.09. The zero-order valence-corrected chi connectivity index (χ0v) is 13.9. The summed E-state index contributed by atoms with van der Waals surface area (Å²) in [5.41, 5.74) is 5.32. The molecule has 0 atom stereocenters. The standard InChI is InChI=1S/C19H17N3O3/c1-10-3-5-14-12(7-17(23)25-18(14)11(10)2)9-20-13-4-6-15-16(8-13)22-19(24)21-15/h3-8,20H,9H2,1-2H3,(H2,21,22,24). The molecule has 2 aromatic heterocycles. The van der Waals surface area contributed by atoms with E-state index in [0.717, 1.165) is 38.8 Å². The van der Waals surface area contributed by atoms with Gasteiger partial charge in [-0.2, -0.15) is 0 Å². The Balaban J connectivity index is 1.71. The molecule has 2 heterocycles. The third-order valence-corrected chi connectivity index (χ3v) is 4.52. The summed E-state index contributed by atoms with van der Waals surface area (Å²) in [7, 11) is 0. The number of aryl methyl sites for hydroxylation is 2. The van der Waals surface area contributed by atoms with Crippen molar-refractivity contribution in [3.63, 3.8) is 0 Å². The minimum atomic E-state index is -0.358. The number of aromatic amines is 2. The monoisotopic (exact) mass is 335 g/mol. The molecule has 6 heteroatoms. The molecule has 0 fully saturated rings. The van der Waals surface area contributed by atoms with Gasteiger partial charge in [-0.1, -0.05) is 12.1 Å². The summed E-state index contributed by atoms with van der Waals surface area (Å²) >= 11 is 0. The fourth-order valence-electron chi connectivity index (χ4n) is 3.01. The SMILES string of the molecule is Cc1ccc2c(CNc3ccc4[nH]c(=O)[nH]c4c3)cc(=O)oc2c1C. The van der Waals surface area contributed by atoms with Crippen LogP contribution in [-0.2, 0) is 6.54 Å². The van der Waals surface area contributed by atoms with Gasteiger partial charge in [0.1, 0.15) is 5.58 Å². The topological polar surface area (TPSA) is 90.9 Å². The van der Waals surface area contributed by atoms with Crippen molar-refractivity contribution < 1.29 is 4.42 Å². The molecular formula is C19H17N3O3. The summed E-state index contributed by atoms with van der Waals surface area (Å²) in [5.74, 6) is 0. The second-order valence-corrected chi connectivity index (χ2v) is 6.17. The Labute approximate surface area is 142 Å². The van der Waals surface area contributed by atoms with E-state index in [4.69, 9.17) is 4.42 Å². The lowest BCUT2D eigenvalue weighted by Crippen LogP contribution is -2.06. The van der Waals surface area contributed by atoms with Gasteiger partial charge in [-0.05, 0) is 48.7 Å². The number of nitrogens with one attached hydrogen (secondary N) is 3. The first kappa shape index (κ1) is 15.3. The van der Waals surface area contributed by atoms with Crippen LogP contribution in [0.25, 0.3) is 22.0 Å². The number of imidazole rings is 1. The van der Waals surface area contributed by atoms with Crippen molar-refractivity contribution in [2.45, 2.75) is 20.4 Å². The van der Waals surface area contributed by atoms with Crippen LogP contribution in [0.4, 0.5) is 5.69 Å². The maximum atomic E-state index is 11.9. The van der Waals surface area contributed by atoms with E-state index < -0.39 is 0 Å². The Kier molecular flexibility index (Phi) is 3.46. The molecule has 0 bridgehead atoms. The fraction of sp³-hybridized carbons (Fsp3) is 0.158. The van der Waals surface area contributed by atoms with Crippen LogP contribution in [0.1, 0.15) is 16.7 Å². The van der Waals surface area contributed by atoms with Gasteiger partial charge in [-0.3, -0.25) is 0 Å². The van der Waals surface area contributed by atoms with Gasteiger partial charge in [-0.15, -0.1) is 0 Å². The molecule has 4 aromatic rings. The van der Waals surface area contributed by atoms with Gasteiger partial charge in [0.05, 0.1) is 11.0 Å². The average molecular weight is 335 g/mol. The van der Waals surface area contributed by atoms with E-state index in [-0.39, 0.29) is 11.3 Å². The van der Waals surface area contributed by atoms with Gasteiger partial charge < -0.3 is 19.7 Å². The maximum Gasteiger partial charge on any atom is 0.336 e. The summed E-state index contributed by atoms with van der Waals surface area (Å²) in [6, 6.07) is 11.1. The van der Waals surface area contributed by atoms with E-state index >= 15 is 0 Å². The van der Waals surface area contributed by atoms with E-state index in [9.17, 15) is 9.59 Å². The minimum Gasteiger partial charge on any atom is -0.422 e. The molecule has 126 valence electrons. The van der Waals surface area contributed by atoms with Crippen molar-refractivity contribution in [1.29, 1.82) is 0 Å². The molecule has 0 aliphatic rings. The van der Waals surface area contributed by atoms with Crippen LogP contribution in [0.15, 0.2) is 50.4 Å². The Morgan fingerprint density at radius 3 is 2.64 bits per heavy atom. The molecule has 25 heavy (non-hydrogen) atoms. The zero-order valence-electron chi connectivity index (χ0n) is 13.9. The Bertz CT molecular complexity index is 1210. The number of hydrogen-bond donors (Lipinski definition) is 3. The zero-order chi connectivity index (χ0) is 17.6. The van der Waals surface area contributed by atoms with Crippen molar-refractivity contribution in [2.75, 3.05) is 5.32 Å². The molecular weight excluding hydrogens is 318 g/mol. The van der Waals surface area contributed by atoms with Crippen molar-refractivity contribution in [1.82, 2.24) is 9.97 Å². The van der Waals surface area contributed by atoms with Gasteiger partial charge >= 0.3 is 11.3 Å². The summed E-state index contributed by atoms with van der Waals surface area (Å²) in [6.45, 7) is 4.42.